The van der Waals surface area contributed by atoms with Crippen molar-refractivity contribution in [1.82, 2.24) is 15.2 Å². The molecular formula is C19H12ClN3O3. The predicted octanol–water partition coefficient (Wildman–Crippen LogP) is 3.48. The predicted molar refractivity (Wildman–Crippen MR) is 98.2 cm³/mol. The Balaban J connectivity index is 1.63. The Labute approximate surface area is 152 Å². The van der Waals surface area contributed by atoms with Gasteiger partial charge in [-0.1, -0.05) is 48.0 Å². The molecule has 0 aliphatic carbocycles. The molecule has 0 unspecified atom stereocenters. The number of hydrogen-bond acceptors (Lipinski definition) is 5. The number of carbonyl (C=O) groups excluding carboxylic acids is 1. The van der Waals surface area contributed by atoms with Crippen molar-refractivity contribution in [3.8, 4) is 0 Å². The van der Waals surface area contributed by atoms with E-state index in [-0.39, 0.29) is 23.0 Å². The molecule has 0 aliphatic heterocycles. The molecule has 1 N–H and O–H groups in total. The lowest BCUT2D eigenvalue weighted by molar-refractivity contribution is 0.0467. The summed E-state index contributed by atoms with van der Waals surface area (Å²) >= 11 is 6.18. The van der Waals surface area contributed by atoms with Gasteiger partial charge >= 0.3 is 5.97 Å². The van der Waals surface area contributed by atoms with Crippen molar-refractivity contribution in [3.05, 3.63) is 81.4 Å². The molecule has 0 saturated carbocycles. The van der Waals surface area contributed by atoms with Crippen molar-refractivity contribution < 1.29 is 9.53 Å². The fourth-order valence-corrected chi connectivity index (χ4v) is 2.92. The number of benzene rings is 2. The Hall–Kier alpha value is -3.25. The van der Waals surface area contributed by atoms with Crippen molar-refractivity contribution in [1.29, 1.82) is 0 Å². The largest absolute Gasteiger partial charge is 0.456 e. The molecule has 128 valence electrons. The first kappa shape index (κ1) is 16.2. The minimum Gasteiger partial charge on any atom is -0.456 e. The summed E-state index contributed by atoms with van der Waals surface area (Å²) in [5, 5.41) is 8.12. The van der Waals surface area contributed by atoms with E-state index in [1.54, 1.807) is 24.3 Å². The molecule has 0 bridgehead atoms. The number of pyridine rings is 1. The number of hydrogen-bond donors (Lipinski definition) is 1. The summed E-state index contributed by atoms with van der Waals surface area (Å²) < 4.78 is 5.34. The van der Waals surface area contributed by atoms with Crippen LogP contribution >= 0.6 is 11.6 Å². The molecule has 0 fully saturated rings. The van der Waals surface area contributed by atoms with E-state index in [0.29, 0.717) is 16.3 Å². The summed E-state index contributed by atoms with van der Waals surface area (Å²) in [6, 6.07) is 16.1. The van der Waals surface area contributed by atoms with Crippen LogP contribution in [0.1, 0.15) is 16.1 Å². The number of nitrogens with one attached hydrogen (secondary N) is 1. The number of aromatic amines is 1. The minimum atomic E-state index is -0.651. The van der Waals surface area contributed by atoms with Gasteiger partial charge in [-0.05, 0) is 18.2 Å². The number of H-pyrrole nitrogens is 1. The van der Waals surface area contributed by atoms with Crippen LogP contribution in [0.5, 0.6) is 0 Å². The number of rotatable bonds is 3. The number of carbonyl (C=O) groups is 1. The Morgan fingerprint density at radius 2 is 1.81 bits per heavy atom. The van der Waals surface area contributed by atoms with Crippen molar-refractivity contribution in [2.45, 2.75) is 6.61 Å². The summed E-state index contributed by atoms with van der Waals surface area (Å²) in [6.07, 6.45) is 0. The molecule has 7 heteroatoms. The van der Waals surface area contributed by atoms with Crippen LogP contribution in [0, 0.1) is 0 Å². The highest BCUT2D eigenvalue weighted by molar-refractivity contribution is 6.30. The second-order valence-corrected chi connectivity index (χ2v) is 6.01. The van der Waals surface area contributed by atoms with Gasteiger partial charge < -0.3 is 4.74 Å². The normalized spacial score (nSPS) is 11.0. The lowest BCUT2D eigenvalue weighted by atomic mass is 10.1. The maximum absolute atomic E-state index is 12.4. The number of esters is 1. The third-order valence-corrected chi connectivity index (χ3v) is 4.33. The van der Waals surface area contributed by atoms with Crippen molar-refractivity contribution in [3.63, 3.8) is 0 Å². The van der Waals surface area contributed by atoms with Crippen LogP contribution in [-0.4, -0.2) is 21.2 Å². The average Bonchev–Trinajstić information content (AvgIpc) is 2.66. The second-order valence-electron chi connectivity index (χ2n) is 5.65. The molecule has 4 aromatic rings. The number of nitrogens with zero attached hydrogens (tertiary/aromatic N) is 2. The highest BCUT2D eigenvalue weighted by Gasteiger charge is 2.16. The zero-order valence-electron chi connectivity index (χ0n) is 13.4. The van der Waals surface area contributed by atoms with Gasteiger partial charge in [-0.15, -0.1) is 0 Å². The van der Waals surface area contributed by atoms with Crippen LogP contribution in [0.2, 0.25) is 5.15 Å². The summed E-state index contributed by atoms with van der Waals surface area (Å²) in [7, 11) is 0. The summed E-state index contributed by atoms with van der Waals surface area (Å²) in [5.41, 5.74) is 1.04. The summed E-state index contributed by atoms with van der Waals surface area (Å²) in [5.74, 6) is -0.651. The van der Waals surface area contributed by atoms with Gasteiger partial charge in [-0.25, -0.2) is 14.9 Å². The van der Waals surface area contributed by atoms with Crippen LogP contribution in [-0.2, 0) is 11.3 Å². The maximum atomic E-state index is 12.4. The van der Waals surface area contributed by atoms with Gasteiger partial charge in [-0.3, -0.25) is 4.79 Å². The first-order valence-electron chi connectivity index (χ1n) is 7.82. The molecule has 26 heavy (non-hydrogen) atoms. The van der Waals surface area contributed by atoms with Gasteiger partial charge in [-0.2, -0.15) is 5.10 Å². The van der Waals surface area contributed by atoms with Gasteiger partial charge in [0.05, 0.1) is 10.9 Å². The van der Waals surface area contributed by atoms with Gasteiger partial charge in [0.1, 0.15) is 11.8 Å². The van der Waals surface area contributed by atoms with E-state index in [4.69, 9.17) is 16.3 Å². The highest BCUT2D eigenvalue weighted by Crippen LogP contribution is 2.22. The molecule has 0 spiro atoms. The molecule has 2 aromatic carbocycles. The molecular weight excluding hydrogens is 354 g/mol. The molecule has 0 aliphatic rings. The number of halogens is 1. The van der Waals surface area contributed by atoms with Gasteiger partial charge in [0.2, 0.25) is 0 Å². The zero-order chi connectivity index (χ0) is 18.1. The lowest BCUT2D eigenvalue weighted by Crippen LogP contribution is -2.16. The maximum Gasteiger partial charge on any atom is 0.359 e. The average molecular weight is 366 g/mol. The molecule has 4 rings (SSSR count). The topological polar surface area (TPSA) is 84.9 Å². The summed E-state index contributed by atoms with van der Waals surface area (Å²) in [4.78, 5) is 28.6. The summed E-state index contributed by atoms with van der Waals surface area (Å²) in [6.45, 7) is -0.0510. The van der Waals surface area contributed by atoms with E-state index in [0.717, 1.165) is 10.9 Å². The van der Waals surface area contributed by atoms with E-state index in [9.17, 15) is 9.59 Å². The van der Waals surface area contributed by atoms with Crippen LogP contribution < -0.4 is 5.56 Å². The monoisotopic (exact) mass is 365 g/mol. The molecule has 2 aromatic heterocycles. The van der Waals surface area contributed by atoms with Crippen molar-refractivity contribution >= 4 is 39.2 Å². The van der Waals surface area contributed by atoms with Gasteiger partial charge in [0.15, 0.2) is 5.69 Å². The number of fused-ring (bicyclic) bond motifs is 2. The smallest absolute Gasteiger partial charge is 0.359 e. The number of ether oxygens (including phenoxy) is 1. The Morgan fingerprint density at radius 1 is 1.08 bits per heavy atom. The molecule has 0 saturated heterocycles. The van der Waals surface area contributed by atoms with Crippen LogP contribution in [0.4, 0.5) is 0 Å². The SMILES string of the molecule is O=C(OCc1cc2ccccc2nc1Cl)c1n[nH]c(=O)c2ccccc12. The van der Waals surface area contributed by atoms with E-state index >= 15 is 0 Å². The highest BCUT2D eigenvalue weighted by atomic mass is 35.5. The molecule has 0 amide bonds. The second kappa shape index (κ2) is 6.57. The first-order valence-corrected chi connectivity index (χ1v) is 8.20. The van der Waals surface area contributed by atoms with E-state index < -0.39 is 5.97 Å². The van der Waals surface area contributed by atoms with Crippen molar-refractivity contribution in [2.75, 3.05) is 0 Å². The van der Waals surface area contributed by atoms with E-state index in [2.05, 4.69) is 15.2 Å². The lowest BCUT2D eigenvalue weighted by Gasteiger charge is -2.08. The molecule has 0 atom stereocenters. The Morgan fingerprint density at radius 3 is 2.65 bits per heavy atom. The van der Waals surface area contributed by atoms with E-state index in [1.165, 1.54) is 0 Å². The van der Waals surface area contributed by atoms with Crippen LogP contribution in [0.15, 0.2) is 59.4 Å². The third-order valence-electron chi connectivity index (χ3n) is 4.00. The fourth-order valence-electron chi connectivity index (χ4n) is 2.72. The standard InChI is InChI=1S/C19H12ClN3O3/c20-17-12(9-11-5-1-4-8-15(11)21-17)10-26-19(25)16-13-6-2-3-7-14(13)18(24)23-22-16/h1-9H,10H2,(H,23,24). The molecule has 6 nitrogen and oxygen atoms in total. The zero-order valence-corrected chi connectivity index (χ0v) is 14.2. The quantitative estimate of drug-likeness (QED) is 0.444. The molecule has 0 radical (unpaired) electrons. The Bertz CT molecular complexity index is 1200. The van der Waals surface area contributed by atoms with Crippen LogP contribution in [0.3, 0.4) is 0 Å². The minimum absolute atomic E-state index is 0.0464. The van der Waals surface area contributed by atoms with Gasteiger partial charge in [0, 0.05) is 16.3 Å². The fraction of sp³-hybridized carbons (Fsp3) is 0.0526. The van der Waals surface area contributed by atoms with E-state index in [1.807, 2.05) is 30.3 Å². The third kappa shape index (κ3) is 2.91. The number of aromatic nitrogens is 3. The molecule has 2 heterocycles. The van der Waals surface area contributed by atoms with Gasteiger partial charge in [0.25, 0.3) is 5.56 Å². The Kier molecular flexibility index (Phi) is 4.10. The van der Waals surface area contributed by atoms with Crippen molar-refractivity contribution in [2.24, 2.45) is 0 Å². The first-order chi connectivity index (χ1) is 12.6. The number of para-hydroxylation sites is 1. The van der Waals surface area contributed by atoms with Crippen LogP contribution in [0.25, 0.3) is 21.7 Å².